The molecule has 1 unspecified atom stereocenters. The van der Waals surface area contributed by atoms with Crippen molar-refractivity contribution in [1.82, 2.24) is 5.32 Å². The van der Waals surface area contributed by atoms with Crippen LogP contribution in [-0.2, 0) is 11.2 Å². The number of rotatable bonds is 5. The first-order valence-electron chi connectivity index (χ1n) is 6.87. The van der Waals surface area contributed by atoms with E-state index >= 15 is 0 Å². The average molecular weight is 328 g/mol. The van der Waals surface area contributed by atoms with Crippen LogP contribution in [0.3, 0.4) is 0 Å². The number of piperidine rings is 1. The fourth-order valence-corrected chi connectivity index (χ4v) is 2.83. The van der Waals surface area contributed by atoms with Crippen LogP contribution in [0.15, 0.2) is 22.7 Å². The molecule has 106 valence electrons. The summed E-state index contributed by atoms with van der Waals surface area (Å²) in [5.74, 6) is 1.65. The minimum absolute atomic E-state index is 0.215. The first-order chi connectivity index (χ1) is 9.19. The molecule has 0 aliphatic carbocycles. The summed E-state index contributed by atoms with van der Waals surface area (Å²) in [5, 5.41) is 3.41. The van der Waals surface area contributed by atoms with Crippen LogP contribution in [0.1, 0.15) is 25.3 Å². The van der Waals surface area contributed by atoms with Gasteiger partial charge >= 0.3 is 0 Å². The minimum atomic E-state index is -0.215. The monoisotopic (exact) mass is 327 g/mol. The number of methoxy groups -OCH3 is 1. The Morgan fingerprint density at radius 2 is 2.11 bits per heavy atom. The van der Waals surface area contributed by atoms with Crippen LogP contribution >= 0.6 is 15.9 Å². The smallest absolute Gasteiger partial charge is 0.196 e. The number of hydrogen-bond donors (Lipinski definition) is 1. The molecule has 0 amide bonds. The van der Waals surface area contributed by atoms with E-state index in [1.807, 2.05) is 13.0 Å². The van der Waals surface area contributed by atoms with Crippen LogP contribution in [-0.4, -0.2) is 26.5 Å². The first kappa shape index (κ1) is 14.8. The van der Waals surface area contributed by atoms with Crippen molar-refractivity contribution in [1.29, 1.82) is 0 Å². The molecule has 1 fully saturated rings. The summed E-state index contributed by atoms with van der Waals surface area (Å²) in [5.41, 5.74) is 1.33. The van der Waals surface area contributed by atoms with E-state index in [1.165, 1.54) is 22.9 Å². The molecule has 2 rings (SSSR count). The molecule has 0 bridgehead atoms. The van der Waals surface area contributed by atoms with Crippen molar-refractivity contribution in [2.75, 3.05) is 20.2 Å². The summed E-state index contributed by atoms with van der Waals surface area (Å²) in [6.07, 6.45) is 3.41. The van der Waals surface area contributed by atoms with Crippen LogP contribution in [0.25, 0.3) is 0 Å². The van der Waals surface area contributed by atoms with Gasteiger partial charge in [-0.05, 0) is 69.0 Å². The molecule has 1 aromatic carbocycles. The lowest BCUT2D eigenvalue weighted by Gasteiger charge is -2.23. The lowest BCUT2D eigenvalue weighted by atomic mass is 9.91. The second-order valence-corrected chi connectivity index (χ2v) is 5.93. The van der Waals surface area contributed by atoms with E-state index in [0.29, 0.717) is 0 Å². The number of hydrogen-bond acceptors (Lipinski definition) is 3. The molecule has 1 aliphatic rings. The Morgan fingerprint density at radius 3 is 2.79 bits per heavy atom. The van der Waals surface area contributed by atoms with Gasteiger partial charge < -0.3 is 14.8 Å². The van der Waals surface area contributed by atoms with Gasteiger partial charge in [0, 0.05) is 11.6 Å². The highest BCUT2D eigenvalue weighted by molar-refractivity contribution is 9.10. The first-order valence-corrected chi connectivity index (χ1v) is 7.67. The third-order valence-electron chi connectivity index (χ3n) is 3.62. The second kappa shape index (κ2) is 7.27. The molecular weight excluding hydrogens is 306 g/mol. The Bertz CT molecular complexity index is 405. The Hall–Kier alpha value is -0.580. The van der Waals surface area contributed by atoms with Crippen LogP contribution in [0.5, 0.6) is 5.75 Å². The van der Waals surface area contributed by atoms with E-state index < -0.39 is 0 Å². The van der Waals surface area contributed by atoms with E-state index in [9.17, 15) is 0 Å². The number of benzene rings is 1. The van der Waals surface area contributed by atoms with E-state index in [0.717, 1.165) is 31.2 Å². The summed E-state index contributed by atoms with van der Waals surface area (Å²) in [4.78, 5) is 0. The molecule has 1 aliphatic heterocycles. The van der Waals surface area contributed by atoms with Crippen molar-refractivity contribution in [3.05, 3.63) is 28.2 Å². The van der Waals surface area contributed by atoms with Gasteiger partial charge in [0.05, 0.1) is 0 Å². The molecule has 4 heteroatoms. The maximum Gasteiger partial charge on any atom is 0.196 e. The van der Waals surface area contributed by atoms with Crippen LogP contribution in [0, 0.1) is 5.92 Å². The van der Waals surface area contributed by atoms with Crippen molar-refractivity contribution in [3.8, 4) is 5.75 Å². The fraction of sp³-hybridized carbons (Fsp3) is 0.600. The highest BCUT2D eigenvalue weighted by Gasteiger charge is 2.15. The van der Waals surface area contributed by atoms with Crippen molar-refractivity contribution in [2.45, 2.75) is 32.5 Å². The fourth-order valence-electron chi connectivity index (χ4n) is 2.42. The SMILES string of the molecule is COC(C)Oc1ccc(Br)c(CC2CCNCC2)c1. The molecule has 0 saturated carbocycles. The van der Waals surface area contributed by atoms with E-state index in [4.69, 9.17) is 9.47 Å². The van der Waals surface area contributed by atoms with Gasteiger partial charge in [-0.15, -0.1) is 0 Å². The number of nitrogens with one attached hydrogen (secondary N) is 1. The molecule has 0 aromatic heterocycles. The van der Waals surface area contributed by atoms with Gasteiger partial charge in [-0.1, -0.05) is 15.9 Å². The topological polar surface area (TPSA) is 30.5 Å². The molecule has 0 spiro atoms. The molecule has 0 radical (unpaired) electrons. The quantitative estimate of drug-likeness (QED) is 0.841. The molecule has 1 N–H and O–H groups in total. The summed E-state index contributed by atoms with van der Waals surface area (Å²) < 4.78 is 12.0. The Morgan fingerprint density at radius 1 is 1.37 bits per heavy atom. The third kappa shape index (κ3) is 4.48. The molecule has 1 heterocycles. The predicted molar refractivity (Wildman–Crippen MR) is 80.5 cm³/mol. The van der Waals surface area contributed by atoms with Gasteiger partial charge in [0.15, 0.2) is 6.29 Å². The van der Waals surface area contributed by atoms with Crippen LogP contribution < -0.4 is 10.1 Å². The van der Waals surface area contributed by atoms with Gasteiger partial charge in [-0.3, -0.25) is 0 Å². The molecule has 19 heavy (non-hydrogen) atoms. The molecular formula is C15H22BrNO2. The molecule has 1 aromatic rings. The summed E-state index contributed by atoms with van der Waals surface area (Å²) >= 11 is 3.64. The largest absolute Gasteiger partial charge is 0.465 e. The van der Waals surface area contributed by atoms with Crippen molar-refractivity contribution in [2.24, 2.45) is 5.92 Å². The zero-order valence-electron chi connectivity index (χ0n) is 11.6. The van der Waals surface area contributed by atoms with Gasteiger partial charge in [0.1, 0.15) is 5.75 Å². The van der Waals surface area contributed by atoms with Crippen molar-refractivity contribution >= 4 is 15.9 Å². The van der Waals surface area contributed by atoms with E-state index in [2.05, 4.69) is 33.4 Å². The van der Waals surface area contributed by atoms with Crippen LogP contribution in [0.4, 0.5) is 0 Å². The lowest BCUT2D eigenvalue weighted by Crippen LogP contribution is -2.28. The number of ether oxygens (including phenoxy) is 2. The number of halogens is 1. The van der Waals surface area contributed by atoms with Gasteiger partial charge in [0.2, 0.25) is 0 Å². The maximum atomic E-state index is 5.69. The Kier molecular flexibility index (Phi) is 5.67. The van der Waals surface area contributed by atoms with Crippen molar-refractivity contribution < 1.29 is 9.47 Å². The minimum Gasteiger partial charge on any atom is -0.465 e. The highest BCUT2D eigenvalue weighted by atomic mass is 79.9. The summed E-state index contributed by atoms with van der Waals surface area (Å²) in [6.45, 7) is 4.17. The zero-order valence-corrected chi connectivity index (χ0v) is 13.2. The van der Waals surface area contributed by atoms with Crippen molar-refractivity contribution in [3.63, 3.8) is 0 Å². The predicted octanol–water partition coefficient (Wildman–Crippen LogP) is 3.36. The Labute approximate surface area is 123 Å². The second-order valence-electron chi connectivity index (χ2n) is 5.07. The van der Waals surface area contributed by atoms with Gasteiger partial charge in [0.25, 0.3) is 0 Å². The summed E-state index contributed by atoms with van der Waals surface area (Å²) in [6, 6.07) is 6.17. The maximum absolute atomic E-state index is 5.69. The van der Waals surface area contributed by atoms with Gasteiger partial charge in [-0.25, -0.2) is 0 Å². The lowest BCUT2D eigenvalue weighted by molar-refractivity contribution is -0.0383. The molecule has 1 saturated heterocycles. The summed E-state index contributed by atoms with van der Waals surface area (Å²) in [7, 11) is 1.65. The highest BCUT2D eigenvalue weighted by Crippen LogP contribution is 2.28. The van der Waals surface area contributed by atoms with E-state index in [1.54, 1.807) is 7.11 Å². The Balaban J connectivity index is 2.03. The normalized spacial score (nSPS) is 18.3. The molecule has 1 atom stereocenters. The third-order valence-corrected chi connectivity index (χ3v) is 4.39. The zero-order chi connectivity index (χ0) is 13.7. The van der Waals surface area contributed by atoms with Gasteiger partial charge in [-0.2, -0.15) is 0 Å². The van der Waals surface area contributed by atoms with E-state index in [-0.39, 0.29) is 6.29 Å². The average Bonchev–Trinajstić information content (AvgIpc) is 2.43. The van der Waals surface area contributed by atoms with Crippen LogP contribution in [0.2, 0.25) is 0 Å². The standard InChI is InChI=1S/C15H22BrNO2/c1-11(18-2)19-14-3-4-15(16)13(10-14)9-12-5-7-17-8-6-12/h3-4,10-12,17H,5-9H2,1-2H3. The molecule has 3 nitrogen and oxygen atoms in total.